The van der Waals surface area contributed by atoms with E-state index in [1.165, 1.54) is 30.3 Å². The Morgan fingerprint density at radius 2 is 1.77 bits per heavy atom. The Bertz CT molecular complexity index is 866. The van der Waals surface area contributed by atoms with Crippen LogP contribution in [0.2, 0.25) is 0 Å². The zero-order valence-corrected chi connectivity index (χ0v) is 14.9. The van der Waals surface area contributed by atoms with Gasteiger partial charge in [0, 0.05) is 10.6 Å². The summed E-state index contributed by atoms with van der Waals surface area (Å²) in [7, 11) is 0. The summed E-state index contributed by atoms with van der Waals surface area (Å²) in [5, 5.41) is 7.92. The van der Waals surface area contributed by atoms with Crippen molar-refractivity contribution in [2.24, 2.45) is 0 Å². The smallest absolute Gasteiger partial charge is 0.241 e. The largest absolute Gasteiger partial charge is 0.325 e. The van der Waals surface area contributed by atoms with Crippen LogP contribution >= 0.6 is 11.3 Å². The lowest BCUT2D eigenvalue weighted by Gasteiger charge is -2.22. The highest BCUT2D eigenvalue weighted by atomic mass is 32.1. The van der Waals surface area contributed by atoms with E-state index in [4.69, 9.17) is 0 Å². The molecule has 0 aliphatic carbocycles. The van der Waals surface area contributed by atoms with E-state index in [2.05, 4.69) is 10.6 Å². The molecular weight excluding hydrogens is 354 g/mol. The van der Waals surface area contributed by atoms with Crippen LogP contribution in [0.25, 0.3) is 0 Å². The van der Waals surface area contributed by atoms with Crippen LogP contribution in [0.4, 0.5) is 14.5 Å². The fourth-order valence-electron chi connectivity index (χ4n) is 2.60. The third-order valence-electron chi connectivity index (χ3n) is 3.93. The molecule has 134 valence electrons. The van der Waals surface area contributed by atoms with Crippen molar-refractivity contribution in [1.82, 2.24) is 5.32 Å². The Kier molecular flexibility index (Phi) is 5.75. The normalized spacial score (nSPS) is 13.2. The second kappa shape index (κ2) is 8.21. The number of carbonyl (C=O) groups excluding carboxylic acids is 1. The summed E-state index contributed by atoms with van der Waals surface area (Å²) >= 11 is 1.55. The number of rotatable bonds is 6. The zero-order valence-electron chi connectivity index (χ0n) is 14.1. The second-order valence-corrected chi connectivity index (χ2v) is 6.87. The van der Waals surface area contributed by atoms with Gasteiger partial charge in [-0.3, -0.25) is 10.1 Å². The summed E-state index contributed by atoms with van der Waals surface area (Å²) in [4.78, 5) is 13.5. The van der Waals surface area contributed by atoms with Crippen molar-refractivity contribution in [2.75, 3.05) is 5.32 Å². The van der Waals surface area contributed by atoms with Gasteiger partial charge >= 0.3 is 0 Å². The molecule has 0 fully saturated rings. The van der Waals surface area contributed by atoms with Crippen LogP contribution in [-0.2, 0) is 4.79 Å². The number of nitrogens with one attached hydrogen (secondary N) is 2. The second-order valence-electron chi connectivity index (χ2n) is 5.89. The molecule has 3 nitrogen and oxygen atoms in total. The van der Waals surface area contributed by atoms with Gasteiger partial charge in [-0.05, 0) is 54.3 Å². The molecule has 0 unspecified atom stereocenters. The van der Waals surface area contributed by atoms with Crippen LogP contribution in [0.3, 0.4) is 0 Å². The topological polar surface area (TPSA) is 41.1 Å². The molecule has 2 atom stereocenters. The van der Waals surface area contributed by atoms with Gasteiger partial charge in [0.25, 0.3) is 0 Å². The Hall–Kier alpha value is -2.57. The summed E-state index contributed by atoms with van der Waals surface area (Å²) < 4.78 is 26.5. The van der Waals surface area contributed by atoms with E-state index in [0.717, 1.165) is 10.4 Å². The molecule has 0 spiro atoms. The zero-order chi connectivity index (χ0) is 18.5. The van der Waals surface area contributed by atoms with E-state index in [0.29, 0.717) is 5.69 Å². The molecule has 1 aromatic heterocycles. The van der Waals surface area contributed by atoms with Crippen LogP contribution < -0.4 is 10.6 Å². The van der Waals surface area contributed by atoms with Gasteiger partial charge in [0.05, 0.1) is 12.1 Å². The highest BCUT2D eigenvalue weighted by molar-refractivity contribution is 7.10. The van der Waals surface area contributed by atoms with Crippen molar-refractivity contribution in [3.05, 3.63) is 88.1 Å². The standard InChI is InChI=1S/C20H18F2N2OS/c1-13(20(25)24-17-5-2-4-16(22)12-17)23-19(18-6-3-11-26-18)14-7-9-15(21)10-8-14/h2-13,19,23H,1H3,(H,24,25)/t13-,19-/m0/s1. The Balaban J connectivity index is 1.75. The molecule has 6 heteroatoms. The molecule has 2 aromatic carbocycles. The van der Waals surface area contributed by atoms with E-state index in [1.54, 1.807) is 36.5 Å². The van der Waals surface area contributed by atoms with Gasteiger partial charge in [-0.2, -0.15) is 0 Å². The molecular formula is C20H18F2N2OS. The predicted molar refractivity (Wildman–Crippen MR) is 100 cm³/mol. The maximum Gasteiger partial charge on any atom is 0.241 e. The van der Waals surface area contributed by atoms with E-state index < -0.39 is 11.9 Å². The molecule has 0 radical (unpaired) electrons. The molecule has 0 bridgehead atoms. The fraction of sp³-hybridized carbons (Fsp3) is 0.150. The van der Waals surface area contributed by atoms with Crippen LogP contribution in [0, 0.1) is 11.6 Å². The lowest BCUT2D eigenvalue weighted by molar-refractivity contribution is -0.117. The molecule has 1 amide bonds. The van der Waals surface area contributed by atoms with E-state index in [9.17, 15) is 13.6 Å². The Morgan fingerprint density at radius 1 is 1.00 bits per heavy atom. The van der Waals surface area contributed by atoms with Gasteiger partial charge in [0.1, 0.15) is 11.6 Å². The molecule has 26 heavy (non-hydrogen) atoms. The SMILES string of the molecule is C[C@H](N[C@@H](c1ccc(F)cc1)c1cccs1)C(=O)Nc1cccc(F)c1. The molecule has 0 aliphatic heterocycles. The van der Waals surface area contributed by atoms with Crippen LogP contribution in [0.1, 0.15) is 23.4 Å². The monoisotopic (exact) mass is 372 g/mol. The van der Waals surface area contributed by atoms with Crippen molar-refractivity contribution in [2.45, 2.75) is 19.0 Å². The molecule has 3 rings (SSSR count). The number of hydrogen-bond acceptors (Lipinski definition) is 3. The average molecular weight is 372 g/mol. The van der Waals surface area contributed by atoms with Crippen LogP contribution in [0.5, 0.6) is 0 Å². The van der Waals surface area contributed by atoms with Gasteiger partial charge in [0.2, 0.25) is 5.91 Å². The first-order valence-corrected chi connectivity index (χ1v) is 9.02. The number of hydrogen-bond donors (Lipinski definition) is 2. The van der Waals surface area contributed by atoms with Crippen LogP contribution in [0.15, 0.2) is 66.0 Å². The van der Waals surface area contributed by atoms with Crippen molar-refractivity contribution in [1.29, 1.82) is 0 Å². The van der Waals surface area contributed by atoms with Gasteiger partial charge < -0.3 is 5.32 Å². The minimum Gasteiger partial charge on any atom is -0.325 e. The lowest BCUT2D eigenvalue weighted by Crippen LogP contribution is -2.40. The molecule has 3 aromatic rings. The number of thiophene rings is 1. The number of benzene rings is 2. The first kappa shape index (κ1) is 18.2. The first-order valence-electron chi connectivity index (χ1n) is 8.14. The Labute approximate surface area is 154 Å². The van der Waals surface area contributed by atoms with Crippen molar-refractivity contribution in [3.63, 3.8) is 0 Å². The van der Waals surface area contributed by atoms with Crippen LogP contribution in [-0.4, -0.2) is 11.9 Å². The highest BCUT2D eigenvalue weighted by Crippen LogP contribution is 2.27. The van der Waals surface area contributed by atoms with E-state index in [-0.39, 0.29) is 17.8 Å². The number of halogens is 2. The summed E-state index contributed by atoms with van der Waals surface area (Å²) in [5.41, 5.74) is 1.26. The summed E-state index contributed by atoms with van der Waals surface area (Å²) in [6.07, 6.45) is 0. The maximum atomic E-state index is 13.3. The third kappa shape index (κ3) is 4.53. The minimum atomic E-state index is -0.546. The quantitative estimate of drug-likeness (QED) is 0.657. The van der Waals surface area contributed by atoms with Crippen molar-refractivity contribution < 1.29 is 13.6 Å². The van der Waals surface area contributed by atoms with Gasteiger partial charge in [-0.15, -0.1) is 11.3 Å². The third-order valence-corrected chi connectivity index (χ3v) is 4.87. The van der Waals surface area contributed by atoms with E-state index >= 15 is 0 Å². The fourth-order valence-corrected chi connectivity index (χ4v) is 3.41. The number of anilines is 1. The molecule has 1 heterocycles. The predicted octanol–water partition coefficient (Wildman–Crippen LogP) is 4.73. The molecule has 2 N–H and O–H groups in total. The van der Waals surface area contributed by atoms with Gasteiger partial charge in [-0.25, -0.2) is 8.78 Å². The molecule has 0 saturated heterocycles. The number of amides is 1. The lowest BCUT2D eigenvalue weighted by atomic mass is 10.0. The number of carbonyl (C=O) groups is 1. The molecule has 0 saturated carbocycles. The summed E-state index contributed by atoms with van der Waals surface area (Å²) in [5.74, 6) is -0.999. The summed E-state index contributed by atoms with van der Waals surface area (Å²) in [6, 6.07) is 15.0. The minimum absolute atomic E-state index is 0.246. The van der Waals surface area contributed by atoms with Crippen molar-refractivity contribution in [3.8, 4) is 0 Å². The van der Waals surface area contributed by atoms with Gasteiger partial charge in [-0.1, -0.05) is 24.3 Å². The summed E-state index contributed by atoms with van der Waals surface area (Å²) in [6.45, 7) is 1.73. The molecule has 0 aliphatic rings. The average Bonchev–Trinajstić information content (AvgIpc) is 3.14. The maximum absolute atomic E-state index is 13.3. The van der Waals surface area contributed by atoms with Gasteiger partial charge in [0.15, 0.2) is 0 Å². The highest BCUT2D eigenvalue weighted by Gasteiger charge is 2.21. The Morgan fingerprint density at radius 3 is 2.42 bits per heavy atom. The van der Waals surface area contributed by atoms with E-state index in [1.807, 2.05) is 17.5 Å². The van der Waals surface area contributed by atoms with Crippen molar-refractivity contribution >= 4 is 22.9 Å². The first-order chi connectivity index (χ1) is 12.5.